The van der Waals surface area contributed by atoms with E-state index in [4.69, 9.17) is 4.74 Å². The zero-order valence-corrected chi connectivity index (χ0v) is 19.9. The molecule has 0 fully saturated rings. The summed E-state index contributed by atoms with van der Waals surface area (Å²) in [6, 6.07) is 41.4. The van der Waals surface area contributed by atoms with Gasteiger partial charge in [0.25, 0.3) is 0 Å². The first-order valence-electron chi connectivity index (χ1n) is 10.0. The third-order valence-electron chi connectivity index (χ3n) is 5.05. The van der Waals surface area contributed by atoms with Crippen molar-refractivity contribution in [1.29, 1.82) is 0 Å². The Kier molecular flexibility index (Phi) is 6.86. The molecule has 31 heavy (non-hydrogen) atoms. The van der Waals surface area contributed by atoms with Crippen molar-refractivity contribution >= 4 is 47.5 Å². The molecule has 4 aromatic carbocycles. The van der Waals surface area contributed by atoms with E-state index in [2.05, 4.69) is 72.8 Å². The molecule has 154 valence electrons. The van der Waals surface area contributed by atoms with Crippen LogP contribution < -0.4 is 13.1 Å². The minimum absolute atomic E-state index is 0.266. The molecule has 0 heterocycles. The molecule has 0 spiro atoms. The van der Waals surface area contributed by atoms with E-state index in [0.717, 1.165) is 8.53 Å². The van der Waals surface area contributed by atoms with Gasteiger partial charge in [-0.1, -0.05) is 0 Å². The van der Waals surface area contributed by atoms with Gasteiger partial charge in [-0.2, -0.15) is 0 Å². The van der Waals surface area contributed by atoms with Crippen LogP contribution in [-0.4, -0.2) is 29.8 Å². The summed E-state index contributed by atoms with van der Waals surface area (Å²) in [5.74, 6) is -0.266. The Morgan fingerprint density at radius 2 is 0.968 bits per heavy atom. The van der Waals surface area contributed by atoms with E-state index in [-0.39, 0.29) is 5.97 Å². The van der Waals surface area contributed by atoms with E-state index in [9.17, 15) is 4.79 Å². The van der Waals surface area contributed by atoms with E-state index >= 15 is 0 Å². The summed E-state index contributed by atoms with van der Waals surface area (Å²) in [6.07, 6.45) is 0. The summed E-state index contributed by atoms with van der Waals surface area (Å²) in [7, 11) is 1.47. The third-order valence-corrected chi connectivity index (χ3v) is 16.3. The number of ether oxygens (including phenoxy) is 1. The molecule has 0 amide bonds. The average Bonchev–Trinajstić information content (AvgIpc) is 2.86. The van der Waals surface area contributed by atoms with E-state index in [1.807, 2.05) is 48.5 Å². The Hall–Kier alpha value is -2.87. The van der Waals surface area contributed by atoms with Crippen LogP contribution in [0.4, 0.5) is 0 Å². The average molecular weight is 486 g/mol. The number of hydrogen-bond donors (Lipinski definition) is 0. The van der Waals surface area contributed by atoms with Crippen molar-refractivity contribution in [3.8, 4) is 0 Å². The second-order valence-corrected chi connectivity index (χ2v) is 15.6. The van der Waals surface area contributed by atoms with Crippen LogP contribution in [0.25, 0.3) is 0 Å². The molecule has 0 aliphatic heterocycles. The molecule has 0 aromatic heterocycles. The summed E-state index contributed by atoms with van der Waals surface area (Å²) in [4.78, 5) is 14.5. The summed E-state index contributed by atoms with van der Waals surface area (Å²) in [5.41, 5.74) is 0. The Bertz CT molecular complexity index is 1090. The molecule has 2 nitrogen and oxygen atoms in total. The van der Waals surface area contributed by atoms with Gasteiger partial charge in [0, 0.05) is 0 Å². The van der Waals surface area contributed by atoms with Gasteiger partial charge in [0.1, 0.15) is 0 Å². The molecule has 0 saturated carbocycles. The van der Waals surface area contributed by atoms with Gasteiger partial charge in [0.2, 0.25) is 0 Å². The molecule has 0 N–H and O–H groups in total. The maximum atomic E-state index is 13.4. The molecule has 0 aliphatic carbocycles. The number of hydrogen-bond acceptors (Lipinski definition) is 3. The minimum atomic E-state index is -3.41. The van der Waals surface area contributed by atoms with Gasteiger partial charge in [-0.25, -0.2) is 0 Å². The molecule has 4 heteroatoms. The quantitative estimate of drug-likeness (QED) is 0.236. The Balaban J connectivity index is 2.20. The number of carbonyl (C=O) groups is 1. The second kappa shape index (κ2) is 9.96. The predicted molar refractivity (Wildman–Crippen MR) is 133 cm³/mol. The van der Waals surface area contributed by atoms with Gasteiger partial charge in [-0.05, 0) is 0 Å². The first-order chi connectivity index (χ1) is 15.3. The van der Waals surface area contributed by atoms with E-state index in [1.54, 1.807) is 0 Å². The Morgan fingerprint density at radius 3 is 1.32 bits per heavy atom. The van der Waals surface area contributed by atoms with E-state index in [0.29, 0.717) is 0 Å². The van der Waals surface area contributed by atoms with Gasteiger partial charge < -0.3 is 0 Å². The van der Waals surface area contributed by atoms with Crippen molar-refractivity contribution in [3.63, 3.8) is 0 Å². The fraction of sp³-hybridized carbons (Fsp3) is 0.0370. The first kappa shape index (κ1) is 21.4. The van der Waals surface area contributed by atoms with Crippen LogP contribution in [0.15, 0.2) is 126 Å². The molecular weight excluding hydrogens is 463 g/mol. The van der Waals surface area contributed by atoms with Gasteiger partial charge in [0.15, 0.2) is 0 Å². The van der Waals surface area contributed by atoms with Crippen molar-refractivity contribution in [2.45, 2.75) is 4.90 Å². The number of methoxy groups -OCH3 is 1. The van der Waals surface area contributed by atoms with Crippen molar-refractivity contribution in [2.75, 3.05) is 7.11 Å². The zero-order valence-electron chi connectivity index (χ0n) is 17.2. The normalized spacial score (nSPS) is 11.0. The number of thioether (sulfide) groups is 1. The molecule has 4 rings (SSSR count). The van der Waals surface area contributed by atoms with E-state index < -0.39 is 13.1 Å². The summed E-state index contributed by atoms with van der Waals surface area (Å²) >= 11 is -1.88. The second-order valence-electron chi connectivity index (χ2n) is 6.89. The summed E-state index contributed by atoms with van der Waals surface area (Å²) in [6.45, 7) is 0. The van der Waals surface area contributed by atoms with Crippen LogP contribution in [0.5, 0.6) is 0 Å². The third kappa shape index (κ3) is 4.30. The molecular formula is C27H23AsO2S. The van der Waals surface area contributed by atoms with Crippen LogP contribution in [0.3, 0.4) is 0 Å². The van der Waals surface area contributed by atoms with Crippen LogP contribution in [-0.2, 0) is 9.53 Å². The molecule has 0 atom stereocenters. The number of carbonyl (C=O) groups excluding carboxylic acids is 1. The number of esters is 1. The summed E-state index contributed by atoms with van der Waals surface area (Å²) < 4.78 is 9.72. The van der Waals surface area contributed by atoms with Crippen LogP contribution in [0.1, 0.15) is 0 Å². The molecule has 0 saturated heterocycles. The van der Waals surface area contributed by atoms with Crippen molar-refractivity contribution in [2.24, 2.45) is 0 Å². The molecule has 0 radical (unpaired) electrons. The van der Waals surface area contributed by atoms with Crippen LogP contribution in [0, 0.1) is 0 Å². The monoisotopic (exact) mass is 486 g/mol. The van der Waals surface area contributed by atoms with Gasteiger partial charge >= 0.3 is 190 Å². The van der Waals surface area contributed by atoms with Gasteiger partial charge in [-0.15, -0.1) is 0 Å². The molecule has 0 bridgehead atoms. The first-order valence-corrected chi connectivity index (χ1v) is 14.6. The fourth-order valence-electron chi connectivity index (χ4n) is 3.69. The van der Waals surface area contributed by atoms with Crippen molar-refractivity contribution in [1.82, 2.24) is 0 Å². The topological polar surface area (TPSA) is 26.3 Å². The Morgan fingerprint density at radius 1 is 0.613 bits per heavy atom. The van der Waals surface area contributed by atoms with Gasteiger partial charge in [-0.3, -0.25) is 0 Å². The standard InChI is InChI=1S/C27H23AsO2S/c1-30-27(29)26(31-25-20-12-5-13-21-25)28(22-14-6-2-7-15-22,23-16-8-3-9-17-23)24-18-10-4-11-19-24/h2-21H,1H3. The van der Waals surface area contributed by atoms with E-state index in [1.165, 1.54) is 31.9 Å². The van der Waals surface area contributed by atoms with Gasteiger partial charge in [0.05, 0.1) is 0 Å². The van der Waals surface area contributed by atoms with Crippen molar-refractivity contribution < 1.29 is 9.53 Å². The maximum absolute atomic E-state index is 13.4. The SMILES string of the molecule is COC(=O)C(Sc1ccccc1)=[As](c1ccccc1)(c1ccccc1)c1ccccc1. The summed E-state index contributed by atoms with van der Waals surface area (Å²) in [5, 5.41) is 0. The van der Waals surface area contributed by atoms with Crippen LogP contribution in [0.2, 0.25) is 0 Å². The number of rotatable bonds is 6. The molecule has 0 aliphatic rings. The van der Waals surface area contributed by atoms with Crippen molar-refractivity contribution in [3.05, 3.63) is 121 Å². The molecule has 4 aromatic rings. The fourth-order valence-corrected chi connectivity index (χ4v) is 15.7. The van der Waals surface area contributed by atoms with Crippen LogP contribution >= 0.6 is 11.8 Å². The molecule has 0 unspecified atom stereocenters. The Labute approximate surface area is 189 Å². The zero-order chi connectivity index (χ0) is 21.5. The predicted octanol–water partition coefficient (Wildman–Crippen LogP) is 3.83. The number of benzene rings is 4.